The van der Waals surface area contributed by atoms with Crippen LogP contribution in [0.15, 0.2) is 11.6 Å². The van der Waals surface area contributed by atoms with Crippen molar-refractivity contribution in [3.63, 3.8) is 0 Å². The molecule has 3 fully saturated rings. The molecule has 0 radical (unpaired) electrons. The fraction of sp³-hybridized carbons (Fsp3) is 0.886. The second-order valence-corrected chi connectivity index (χ2v) is 19.3. The monoisotopic (exact) mass is 654 g/mol. The van der Waals surface area contributed by atoms with Gasteiger partial charge in [-0.1, -0.05) is 45.1 Å². The maximum absolute atomic E-state index is 12.4. The van der Waals surface area contributed by atoms with E-state index in [1.54, 1.807) is 6.08 Å². The van der Waals surface area contributed by atoms with E-state index in [1.807, 2.05) is 20.8 Å². The third kappa shape index (κ3) is 14.1. The van der Waals surface area contributed by atoms with E-state index in [0.29, 0.717) is 25.6 Å². The molecule has 7 unspecified atom stereocenters. The van der Waals surface area contributed by atoms with Gasteiger partial charge in [0.2, 0.25) is 0 Å². The van der Waals surface area contributed by atoms with Crippen LogP contribution in [0.4, 0.5) is 0 Å². The molecule has 7 atom stereocenters. The van der Waals surface area contributed by atoms with Gasteiger partial charge in [-0.15, -0.1) is 0 Å². The Morgan fingerprint density at radius 3 is 2.33 bits per heavy atom. The van der Waals surface area contributed by atoms with Gasteiger partial charge in [0.15, 0.2) is 14.1 Å². The average Bonchev–Trinajstić information content (AvgIpc) is 3.56. The number of carbonyl (C=O) groups is 2. The Bertz CT molecular complexity index is 965. The van der Waals surface area contributed by atoms with Crippen molar-refractivity contribution in [3.05, 3.63) is 11.6 Å². The number of epoxide rings is 1. The van der Waals surface area contributed by atoms with E-state index in [9.17, 15) is 9.59 Å². The highest BCUT2D eigenvalue weighted by atomic mass is 28.4. The number of fused-ring (bicyclic) bond motifs is 1. The Morgan fingerprint density at radius 2 is 1.64 bits per heavy atom. The van der Waals surface area contributed by atoms with Crippen LogP contribution < -0.4 is 0 Å². The van der Waals surface area contributed by atoms with E-state index >= 15 is 0 Å². The van der Waals surface area contributed by atoms with Crippen LogP contribution in [0.5, 0.6) is 0 Å². The molecule has 0 spiro atoms. The quantitative estimate of drug-likeness (QED) is 0.0444. The molecule has 260 valence electrons. The molecule has 0 saturated carbocycles. The van der Waals surface area contributed by atoms with Gasteiger partial charge in [-0.05, 0) is 91.3 Å². The number of aliphatic carboxylic acids is 1. The summed E-state index contributed by atoms with van der Waals surface area (Å²) in [5.74, 6) is -0.887. The van der Waals surface area contributed by atoms with Crippen LogP contribution >= 0.6 is 0 Å². The Hall–Kier alpha value is -1.30. The summed E-state index contributed by atoms with van der Waals surface area (Å²) >= 11 is 0. The maximum atomic E-state index is 12.4. The van der Waals surface area contributed by atoms with Crippen molar-refractivity contribution in [2.24, 2.45) is 11.8 Å². The Balaban J connectivity index is 1.38. The summed E-state index contributed by atoms with van der Waals surface area (Å²) in [7, 11) is -1.64. The Labute approximate surface area is 273 Å². The number of rotatable bonds is 21. The van der Waals surface area contributed by atoms with E-state index in [1.165, 1.54) is 6.04 Å². The molecule has 9 nitrogen and oxygen atoms in total. The van der Waals surface area contributed by atoms with E-state index in [2.05, 4.69) is 33.9 Å². The van der Waals surface area contributed by atoms with Gasteiger partial charge in [0.25, 0.3) is 0 Å². The van der Waals surface area contributed by atoms with Crippen molar-refractivity contribution in [2.75, 3.05) is 13.2 Å². The van der Waals surface area contributed by atoms with Gasteiger partial charge in [0, 0.05) is 24.5 Å². The summed E-state index contributed by atoms with van der Waals surface area (Å²) in [6.45, 7) is 18.2. The zero-order valence-corrected chi connectivity index (χ0v) is 30.3. The lowest BCUT2D eigenvalue weighted by Gasteiger charge is -2.37. The first-order chi connectivity index (χ1) is 21.1. The predicted molar refractivity (Wildman–Crippen MR) is 177 cm³/mol. The highest BCUT2D eigenvalue weighted by Crippen LogP contribution is 2.43. The minimum Gasteiger partial charge on any atom is -0.481 e. The normalized spacial score (nSPS) is 28.6. The summed E-state index contributed by atoms with van der Waals surface area (Å²) in [6.07, 6.45) is 11.1. The minimum atomic E-state index is -1.64. The molecule has 3 aliphatic heterocycles. The fourth-order valence-corrected chi connectivity index (χ4v) is 10.4. The molecule has 1 N–H and O–H groups in total. The number of unbranched alkanes of at least 4 members (excludes halogenated alkanes) is 5. The molecule has 0 aromatic carbocycles. The zero-order valence-electron chi connectivity index (χ0n) is 29.3. The Kier molecular flexibility index (Phi) is 15.0. The molecule has 3 heterocycles. The molecule has 45 heavy (non-hydrogen) atoms. The molecule has 10 heteroatoms. The lowest BCUT2D eigenvalue weighted by atomic mass is 9.86. The number of carbonyl (C=O) groups excluding carboxylic acids is 1. The fourth-order valence-electron chi connectivity index (χ4n) is 7.13. The average molecular weight is 655 g/mol. The second-order valence-electron chi connectivity index (χ2n) is 15.1. The summed E-state index contributed by atoms with van der Waals surface area (Å²) < 4.78 is 37.1. The second kappa shape index (κ2) is 17.7. The largest absolute Gasteiger partial charge is 0.481 e. The third-order valence-electron chi connectivity index (χ3n) is 8.94. The highest BCUT2D eigenvalue weighted by molar-refractivity contribution is 6.71. The van der Waals surface area contributed by atoms with Gasteiger partial charge in [-0.25, -0.2) is 4.79 Å². The maximum Gasteiger partial charge on any atom is 0.330 e. The predicted octanol–water partition coefficient (Wildman–Crippen LogP) is 7.42. The first-order valence-electron chi connectivity index (χ1n) is 17.5. The van der Waals surface area contributed by atoms with Crippen LogP contribution in [0, 0.1) is 11.8 Å². The first-order valence-corrected chi connectivity index (χ1v) is 20.6. The van der Waals surface area contributed by atoms with Gasteiger partial charge in [0.1, 0.15) is 6.10 Å². The van der Waals surface area contributed by atoms with Crippen molar-refractivity contribution in [3.8, 4) is 0 Å². The smallest absolute Gasteiger partial charge is 0.330 e. The van der Waals surface area contributed by atoms with Crippen molar-refractivity contribution >= 4 is 20.3 Å². The van der Waals surface area contributed by atoms with Crippen molar-refractivity contribution in [2.45, 2.75) is 174 Å². The van der Waals surface area contributed by atoms with Crippen LogP contribution in [-0.2, 0) is 37.7 Å². The van der Waals surface area contributed by atoms with Crippen LogP contribution in [0.3, 0.4) is 0 Å². The van der Waals surface area contributed by atoms with Crippen LogP contribution in [-0.4, -0.2) is 81.0 Å². The van der Waals surface area contributed by atoms with Gasteiger partial charge >= 0.3 is 11.9 Å². The SMILES string of the molecule is C/C(=C\C(=O)OCCCCCCCCC(=O)O)CC1OCC(CC2OC2CCC(C)O[Si](C)(C)CC(C)C)C2OC(C)(C)OC12. The molecule has 0 aromatic rings. The first kappa shape index (κ1) is 38.1. The molecule has 0 amide bonds. The van der Waals surface area contributed by atoms with Crippen molar-refractivity contribution < 1.29 is 42.8 Å². The van der Waals surface area contributed by atoms with Gasteiger partial charge < -0.3 is 33.2 Å². The molecule has 3 saturated heterocycles. The van der Waals surface area contributed by atoms with Gasteiger partial charge in [-0.2, -0.15) is 0 Å². The van der Waals surface area contributed by atoms with Crippen LogP contribution in [0.1, 0.15) is 112 Å². The lowest BCUT2D eigenvalue weighted by molar-refractivity contribution is -0.153. The molecule has 0 aliphatic carbocycles. The number of carboxylic acid groups (broad SMARTS) is 1. The standard InChI is InChI=1S/C35H62O9Si/c1-24(2)23-45(7,8)44-26(4)16-17-28-29(41-28)21-27-22-40-30(34-33(27)42-35(5,6)43-34)19-25(3)20-32(38)39-18-14-12-10-9-11-13-15-31(36)37/h20,24,26-30,33-34H,9-19,21-23H2,1-8H3,(H,36,37)/b25-20+. The highest BCUT2D eigenvalue weighted by Gasteiger charge is 2.53. The summed E-state index contributed by atoms with van der Waals surface area (Å²) in [5, 5.41) is 8.69. The molecule has 3 aliphatic rings. The van der Waals surface area contributed by atoms with Crippen molar-refractivity contribution in [1.82, 2.24) is 0 Å². The zero-order chi connectivity index (χ0) is 33.2. The summed E-state index contributed by atoms with van der Waals surface area (Å²) in [5.41, 5.74) is 0.899. The van der Waals surface area contributed by atoms with Crippen molar-refractivity contribution in [1.29, 1.82) is 0 Å². The van der Waals surface area contributed by atoms with Crippen LogP contribution in [0.2, 0.25) is 19.1 Å². The summed E-state index contributed by atoms with van der Waals surface area (Å²) in [4.78, 5) is 23.0. The molecule has 0 aromatic heterocycles. The number of carboxylic acids is 1. The number of esters is 1. The third-order valence-corrected chi connectivity index (χ3v) is 11.8. The minimum absolute atomic E-state index is 0.0717. The number of ether oxygens (including phenoxy) is 5. The molecule has 3 rings (SSSR count). The van der Waals surface area contributed by atoms with E-state index in [-0.39, 0.29) is 54.9 Å². The van der Waals surface area contributed by atoms with Gasteiger partial charge in [-0.3, -0.25) is 4.79 Å². The molecular formula is C35H62O9Si. The Morgan fingerprint density at radius 1 is 0.978 bits per heavy atom. The van der Waals surface area contributed by atoms with E-state index in [0.717, 1.165) is 63.4 Å². The lowest BCUT2D eigenvalue weighted by Crippen LogP contribution is -2.48. The van der Waals surface area contributed by atoms with E-state index < -0.39 is 20.1 Å². The number of hydrogen-bond acceptors (Lipinski definition) is 8. The van der Waals surface area contributed by atoms with Gasteiger partial charge in [0.05, 0.1) is 37.6 Å². The number of hydrogen-bond donors (Lipinski definition) is 1. The summed E-state index contributed by atoms with van der Waals surface area (Å²) in [6, 6.07) is 1.18. The topological polar surface area (TPSA) is 113 Å². The van der Waals surface area contributed by atoms with E-state index in [4.69, 9.17) is 33.2 Å². The van der Waals surface area contributed by atoms with Crippen LogP contribution in [0.25, 0.3) is 0 Å². The molecular weight excluding hydrogens is 592 g/mol. The molecule has 0 bridgehead atoms.